The number of benzene rings is 1. The molecule has 26 nitrogen and oxygen atoms in total. The van der Waals surface area contributed by atoms with Gasteiger partial charge in [-0.3, -0.25) is 19.2 Å². The highest BCUT2D eigenvalue weighted by Gasteiger charge is 2.60. The Hall–Kier alpha value is -4.49. The largest absolute Gasteiger partial charge is 0.506 e. The molecule has 5 rings (SSSR count). The van der Waals surface area contributed by atoms with Crippen molar-refractivity contribution in [1.29, 1.82) is 0 Å². The average Bonchev–Trinajstić information content (AvgIpc) is 3.32. The Kier molecular flexibility index (Phi) is 20.1. The first-order chi connectivity index (χ1) is 32.8. The molecule has 388 valence electrons. The van der Waals surface area contributed by atoms with Crippen LogP contribution in [0.4, 0.5) is 0 Å². The van der Waals surface area contributed by atoms with Crippen molar-refractivity contribution in [1.82, 2.24) is 15.6 Å². The zero-order valence-electron chi connectivity index (χ0n) is 37.8. The number of aromatic nitrogens is 1. The number of para-hydroxylation sites is 1. The summed E-state index contributed by atoms with van der Waals surface area (Å²) in [7, 11) is 1.31. The number of rotatable bonds is 23. The molecule has 3 saturated heterocycles. The number of hydrogen-bond donors (Lipinski definition) is 14. The molecule has 4 heterocycles. The molecular weight excluding hydrogens is 926 g/mol. The second-order valence-corrected chi connectivity index (χ2v) is 17.0. The number of hydrogen-bond acceptors (Lipinski definition) is 22. The lowest BCUT2D eigenvalue weighted by Crippen LogP contribution is -2.71. The van der Waals surface area contributed by atoms with Crippen LogP contribution in [0.25, 0.3) is 10.9 Å². The number of aliphatic hydroxyl groups excluding tert-OH is 9. The van der Waals surface area contributed by atoms with Gasteiger partial charge in [0.1, 0.15) is 78.5 Å². The number of carbonyl (C=O) groups excluding carboxylic acids is 3. The Bertz CT molecular complexity index is 2100. The number of ether oxygens (including phenoxy) is 7. The standard InChI is InChI=1S/C43H63N3O23/c1-19(50)44-30-24(53)15-43(42(61)62,68-37(30)32(56)25(54)16-47)69-38-33(57)26(17-48)65-41(35(38)59)67-36-27(18-49)66-40(64-13-8-6-4-3-5-7-12-28(55)63-2)31(34(36)58)46-39(60)21-14-23(52)20-10-9-11-22(51)29(20)45-21/h9-11,14,24-27,30-38,40-41,47-49,51,53-54,56-59H,3-8,12-13,15-18H2,1-2H3,(H,44,50)(H,45,52)(H,46,60)(H,61,62)/t24?,25?,26?,27?,30-,31?,32?,33+,34?,35?,36-,37?,38?,40-,41?,43+/m1/s1. The van der Waals surface area contributed by atoms with Crippen molar-refractivity contribution < 1.29 is 109 Å². The first-order valence-electron chi connectivity index (χ1n) is 22.4. The van der Waals surface area contributed by atoms with Gasteiger partial charge in [0.2, 0.25) is 5.91 Å². The van der Waals surface area contributed by atoms with E-state index >= 15 is 0 Å². The van der Waals surface area contributed by atoms with E-state index in [1.807, 2.05) is 0 Å². The number of methoxy groups -OCH3 is 1. The maximum atomic E-state index is 13.8. The van der Waals surface area contributed by atoms with Gasteiger partial charge < -0.3 is 105 Å². The van der Waals surface area contributed by atoms with Gasteiger partial charge in [0.05, 0.1) is 44.6 Å². The maximum absolute atomic E-state index is 13.8. The zero-order chi connectivity index (χ0) is 50.7. The van der Waals surface area contributed by atoms with E-state index in [2.05, 4.69) is 20.4 Å². The molecule has 0 bridgehead atoms. The lowest BCUT2D eigenvalue weighted by atomic mass is 9.88. The number of nitrogens with one attached hydrogen (secondary N) is 3. The number of fused-ring (bicyclic) bond motifs is 1. The van der Waals surface area contributed by atoms with E-state index in [4.69, 9.17) is 28.4 Å². The van der Waals surface area contributed by atoms with Gasteiger partial charge in [-0.2, -0.15) is 0 Å². The fourth-order valence-electron chi connectivity index (χ4n) is 8.45. The van der Waals surface area contributed by atoms with Gasteiger partial charge in [-0.25, -0.2) is 4.79 Å². The third kappa shape index (κ3) is 13.3. The molecule has 0 saturated carbocycles. The Morgan fingerprint density at radius 1 is 0.870 bits per heavy atom. The molecule has 1 aromatic carbocycles. The molecule has 26 heteroatoms. The van der Waals surface area contributed by atoms with Crippen molar-refractivity contribution in [2.24, 2.45) is 0 Å². The number of unbranched alkanes of at least 4 members (excludes halogenated alkanes) is 5. The third-order valence-electron chi connectivity index (χ3n) is 12.1. The molecule has 11 unspecified atom stereocenters. The molecule has 3 aliphatic heterocycles. The highest BCUT2D eigenvalue weighted by molar-refractivity contribution is 5.96. The van der Waals surface area contributed by atoms with Crippen molar-refractivity contribution in [3.63, 3.8) is 0 Å². The van der Waals surface area contributed by atoms with E-state index in [0.717, 1.165) is 32.3 Å². The second-order valence-electron chi connectivity index (χ2n) is 17.0. The molecule has 3 aliphatic rings. The first-order valence-corrected chi connectivity index (χ1v) is 22.4. The van der Waals surface area contributed by atoms with Crippen molar-refractivity contribution in [2.75, 3.05) is 33.5 Å². The Labute approximate surface area is 393 Å². The molecule has 2 aromatic rings. The number of esters is 1. The van der Waals surface area contributed by atoms with E-state index in [9.17, 15) is 80.1 Å². The highest BCUT2D eigenvalue weighted by Crippen LogP contribution is 2.38. The summed E-state index contributed by atoms with van der Waals surface area (Å²) in [5, 5.41) is 123. The van der Waals surface area contributed by atoms with Crippen LogP contribution in [0, 0.1) is 0 Å². The number of phenols is 1. The quantitative estimate of drug-likeness (QED) is 0.0370. The zero-order valence-corrected chi connectivity index (χ0v) is 37.8. The van der Waals surface area contributed by atoms with Gasteiger partial charge in [0, 0.05) is 37.8 Å². The van der Waals surface area contributed by atoms with Crippen molar-refractivity contribution in [2.45, 2.75) is 156 Å². The van der Waals surface area contributed by atoms with E-state index in [1.165, 1.54) is 25.3 Å². The van der Waals surface area contributed by atoms with Crippen LogP contribution in [0.15, 0.2) is 29.1 Å². The second kappa shape index (κ2) is 25.1. The summed E-state index contributed by atoms with van der Waals surface area (Å²) in [5.41, 5.74) is -1.09. The molecule has 14 N–H and O–H groups in total. The maximum Gasteiger partial charge on any atom is 0.364 e. The number of aliphatic hydroxyl groups is 9. The predicted molar refractivity (Wildman–Crippen MR) is 230 cm³/mol. The normalized spacial score (nSPS) is 32.5. The van der Waals surface area contributed by atoms with E-state index in [1.54, 1.807) is 0 Å². The number of phenolic OH excluding ortho intramolecular Hbond substituents is 1. The van der Waals surface area contributed by atoms with Crippen LogP contribution in [-0.2, 0) is 47.5 Å². The number of aromatic amines is 1. The summed E-state index contributed by atoms with van der Waals surface area (Å²) in [6.45, 7) is -2.01. The number of H-pyrrole nitrogens is 1. The fourth-order valence-corrected chi connectivity index (χ4v) is 8.45. The molecular formula is C43H63N3O23. The summed E-state index contributed by atoms with van der Waals surface area (Å²) in [6, 6.07) is 1.85. The SMILES string of the molecule is COC(=O)CCCCCCCCO[C@@H]1OC(CO)[C@@H](OC2OC(CO)[C@H](O)C(O[C@]3(C(=O)O)CC(O)[C@@H](NC(C)=O)C(C(O)C(O)CO)O3)C2O)C(O)C1NC(=O)c1cc(=O)c2cccc(O)c2[nH]1. The Morgan fingerprint density at radius 2 is 1.54 bits per heavy atom. The van der Waals surface area contributed by atoms with Crippen molar-refractivity contribution in [3.8, 4) is 5.75 Å². The number of aliphatic carboxylic acids is 1. The van der Waals surface area contributed by atoms with E-state index in [0.29, 0.717) is 25.7 Å². The van der Waals surface area contributed by atoms with Crippen LogP contribution in [0.5, 0.6) is 5.75 Å². The lowest BCUT2D eigenvalue weighted by Gasteiger charge is -2.51. The van der Waals surface area contributed by atoms with Crippen LogP contribution < -0.4 is 16.1 Å². The van der Waals surface area contributed by atoms with Crippen molar-refractivity contribution in [3.05, 3.63) is 40.2 Å². The third-order valence-corrected chi connectivity index (χ3v) is 12.1. The van der Waals surface area contributed by atoms with Gasteiger partial charge in [0.15, 0.2) is 18.0 Å². The predicted octanol–water partition coefficient (Wildman–Crippen LogP) is -4.31. The van der Waals surface area contributed by atoms with Crippen molar-refractivity contribution >= 4 is 34.7 Å². The summed E-state index contributed by atoms with van der Waals surface area (Å²) in [5.74, 6) is -7.57. The molecule has 0 aliphatic carbocycles. The molecule has 3 fully saturated rings. The number of carboxylic acid groups (broad SMARTS) is 1. The molecule has 1 aromatic heterocycles. The average molecular weight is 990 g/mol. The fraction of sp³-hybridized carbons (Fsp3) is 0.698. The van der Waals surface area contributed by atoms with Gasteiger partial charge >= 0.3 is 11.9 Å². The molecule has 16 atom stereocenters. The number of pyridine rings is 1. The van der Waals surface area contributed by atoms with Crippen LogP contribution in [0.3, 0.4) is 0 Å². The van der Waals surface area contributed by atoms with Gasteiger partial charge in [-0.1, -0.05) is 31.7 Å². The molecule has 2 amide bonds. The van der Waals surface area contributed by atoms with Crippen LogP contribution in [0.1, 0.15) is 68.8 Å². The summed E-state index contributed by atoms with van der Waals surface area (Å²) < 4.78 is 39.7. The van der Waals surface area contributed by atoms with Crippen LogP contribution in [-0.4, -0.2) is 216 Å². The number of aromatic hydroxyl groups is 1. The number of amides is 2. The van der Waals surface area contributed by atoms with E-state index < -0.39 is 147 Å². The van der Waals surface area contributed by atoms with Gasteiger partial charge in [-0.05, 0) is 25.0 Å². The molecule has 69 heavy (non-hydrogen) atoms. The minimum Gasteiger partial charge on any atom is -0.506 e. The number of carboxylic acids is 1. The van der Waals surface area contributed by atoms with Gasteiger partial charge in [-0.15, -0.1) is 0 Å². The molecule has 0 radical (unpaired) electrons. The lowest BCUT2D eigenvalue weighted by molar-refractivity contribution is -0.382. The van der Waals surface area contributed by atoms with Crippen LogP contribution in [0.2, 0.25) is 0 Å². The number of carbonyl (C=O) groups is 4. The van der Waals surface area contributed by atoms with Gasteiger partial charge in [0.25, 0.3) is 11.7 Å². The Morgan fingerprint density at radius 3 is 2.17 bits per heavy atom. The summed E-state index contributed by atoms with van der Waals surface area (Å²) in [6.07, 6.45) is -22.1. The first kappa shape index (κ1) is 55.4. The van der Waals surface area contributed by atoms with E-state index in [-0.39, 0.29) is 34.9 Å². The topological polar surface area (TPSA) is 412 Å². The molecule has 0 spiro atoms. The summed E-state index contributed by atoms with van der Waals surface area (Å²) in [4.78, 5) is 65.9. The minimum absolute atomic E-state index is 0.000308. The van der Waals surface area contributed by atoms with Crippen LogP contribution >= 0.6 is 0 Å². The smallest absolute Gasteiger partial charge is 0.364 e. The summed E-state index contributed by atoms with van der Waals surface area (Å²) >= 11 is 0. The Balaban J connectivity index is 1.40. The minimum atomic E-state index is -3.12. The monoisotopic (exact) mass is 989 g/mol. The highest BCUT2D eigenvalue weighted by atomic mass is 16.8.